The SMILES string of the molecule is CC(C)Oc1cncc(N2C3OC3c3ccc(Cl)cc3C2(C)C)c1. The van der Waals surface area contributed by atoms with Gasteiger partial charge in [0.1, 0.15) is 11.9 Å². The van der Waals surface area contributed by atoms with Gasteiger partial charge < -0.3 is 14.4 Å². The fourth-order valence-corrected chi connectivity index (χ4v) is 3.80. The molecule has 126 valence electrons. The van der Waals surface area contributed by atoms with Gasteiger partial charge in [0.25, 0.3) is 0 Å². The smallest absolute Gasteiger partial charge is 0.162 e. The molecule has 4 rings (SSSR count). The van der Waals surface area contributed by atoms with Gasteiger partial charge in [-0.25, -0.2) is 0 Å². The summed E-state index contributed by atoms with van der Waals surface area (Å²) in [4.78, 5) is 6.63. The van der Waals surface area contributed by atoms with Crippen LogP contribution >= 0.6 is 11.6 Å². The average molecular weight is 345 g/mol. The lowest BCUT2D eigenvalue weighted by Gasteiger charge is -2.43. The summed E-state index contributed by atoms with van der Waals surface area (Å²) in [5.41, 5.74) is 3.17. The van der Waals surface area contributed by atoms with Gasteiger partial charge >= 0.3 is 0 Å². The van der Waals surface area contributed by atoms with Crippen molar-refractivity contribution < 1.29 is 9.47 Å². The van der Waals surface area contributed by atoms with Crippen LogP contribution in [0.2, 0.25) is 5.02 Å². The van der Waals surface area contributed by atoms with E-state index in [0.717, 1.165) is 16.5 Å². The molecule has 0 aliphatic carbocycles. The first-order valence-corrected chi connectivity index (χ1v) is 8.62. The number of nitrogens with zero attached hydrogens (tertiary/aromatic N) is 2. The molecule has 1 fully saturated rings. The van der Waals surface area contributed by atoms with Crippen LogP contribution in [-0.4, -0.2) is 17.3 Å². The summed E-state index contributed by atoms with van der Waals surface area (Å²) in [5, 5.41) is 0.746. The van der Waals surface area contributed by atoms with E-state index in [1.807, 2.05) is 38.2 Å². The molecule has 0 bridgehead atoms. The molecule has 0 radical (unpaired) electrons. The molecule has 1 aromatic carbocycles. The normalized spacial score (nSPS) is 23.7. The van der Waals surface area contributed by atoms with Crippen LogP contribution in [0.4, 0.5) is 5.69 Å². The summed E-state index contributed by atoms with van der Waals surface area (Å²) < 4.78 is 11.8. The van der Waals surface area contributed by atoms with Crippen molar-refractivity contribution in [2.75, 3.05) is 4.90 Å². The summed E-state index contributed by atoms with van der Waals surface area (Å²) in [6.07, 6.45) is 3.85. The Labute approximate surface area is 147 Å². The third-order valence-electron chi connectivity index (χ3n) is 4.65. The zero-order chi connectivity index (χ0) is 17.1. The number of rotatable bonds is 3. The highest BCUT2D eigenvalue weighted by molar-refractivity contribution is 6.30. The van der Waals surface area contributed by atoms with E-state index in [-0.39, 0.29) is 24.0 Å². The van der Waals surface area contributed by atoms with E-state index >= 15 is 0 Å². The van der Waals surface area contributed by atoms with E-state index in [4.69, 9.17) is 21.1 Å². The third kappa shape index (κ3) is 2.45. The fourth-order valence-electron chi connectivity index (χ4n) is 3.63. The lowest BCUT2D eigenvalue weighted by molar-refractivity contribution is 0.241. The number of pyridine rings is 1. The lowest BCUT2D eigenvalue weighted by Crippen LogP contribution is -2.47. The van der Waals surface area contributed by atoms with Crippen LogP contribution in [0.1, 0.15) is 44.9 Å². The number of ether oxygens (including phenoxy) is 2. The van der Waals surface area contributed by atoms with Gasteiger partial charge in [-0.3, -0.25) is 4.98 Å². The Balaban J connectivity index is 1.77. The van der Waals surface area contributed by atoms with Crippen LogP contribution in [0.25, 0.3) is 0 Å². The molecule has 1 aromatic heterocycles. The number of hydrogen-bond acceptors (Lipinski definition) is 4. The van der Waals surface area contributed by atoms with E-state index in [2.05, 4.69) is 29.8 Å². The van der Waals surface area contributed by atoms with Crippen LogP contribution in [-0.2, 0) is 10.3 Å². The predicted octanol–water partition coefficient (Wildman–Crippen LogP) is 4.67. The molecular weight excluding hydrogens is 324 g/mol. The van der Waals surface area contributed by atoms with Crippen molar-refractivity contribution in [2.45, 2.75) is 51.7 Å². The van der Waals surface area contributed by atoms with Crippen molar-refractivity contribution >= 4 is 17.3 Å². The molecule has 0 N–H and O–H groups in total. The van der Waals surface area contributed by atoms with Crippen molar-refractivity contribution in [1.29, 1.82) is 0 Å². The molecule has 0 spiro atoms. The number of hydrogen-bond donors (Lipinski definition) is 0. The number of epoxide rings is 1. The molecule has 1 saturated heterocycles. The van der Waals surface area contributed by atoms with E-state index in [1.165, 1.54) is 11.1 Å². The molecule has 24 heavy (non-hydrogen) atoms. The van der Waals surface area contributed by atoms with Gasteiger partial charge in [-0.2, -0.15) is 0 Å². The summed E-state index contributed by atoms with van der Waals surface area (Å²) in [5.74, 6) is 0.771. The Morgan fingerprint density at radius 3 is 2.79 bits per heavy atom. The topological polar surface area (TPSA) is 37.9 Å². The first kappa shape index (κ1) is 15.7. The summed E-state index contributed by atoms with van der Waals surface area (Å²) >= 11 is 6.25. The van der Waals surface area contributed by atoms with Crippen molar-refractivity contribution in [1.82, 2.24) is 4.98 Å². The standard InChI is InChI=1S/C19H21ClN2O2/c1-11(2)23-14-8-13(9-21-10-14)22-18-17(24-18)15-6-5-12(20)7-16(15)19(22,3)4/h5-11,17-18H,1-4H3. The third-order valence-corrected chi connectivity index (χ3v) is 4.89. The Morgan fingerprint density at radius 2 is 2.04 bits per heavy atom. The van der Waals surface area contributed by atoms with Gasteiger partial charge in [0, 0.05) is 11.1 Å². The van der Waals surface area contributed by atoms with Crippen LogP contribution in [0.3, 0.4) is 0 Å². The molecule has 0 saturated carbocycles. The maximum atomic E-state index is 6.25. The Hall–Kier alpha value is -1.78. The molecule has 2 atom stereocenters. The van der Waals surface area contributed by atoms with Crippen LogP contribution in [0.5, 0.6) is 5.75 Å². The number of benzene rings is 1. The van der Waals surface area contributed by atoms with Crippen LogP contribution < -0.4 is 9.64 Å². The minimum Gasteiger partial charge on any atom is -0.489 e. The zero-order valence-electron chi connectivity index (χ0n) is 14.3. The second-order valence-electron chi connectivity index (χ2n) is 7.15. The monoisotopic (exact) mass is 344 g/mol. The number of aromatic nitrogens is 1. The first-order chi connectivity index (χ1) is 11.4. The van der Waals surface area contributed by atoms with Gasteiger partial charge in [0.05, 0.1) is 29.7 Å². The highest BCUT2D eigenvalue weighted by Crippen LogP contribution is 2.55. The second-order valence-corrected chi connectivity index (χ2v) is 7.59. The molecule has 4 nitrogen and oxygen atoms in total. The Kier molecular flexibility index (Phi) is 3.52. The van der Waals surface area contributed by atoms with Gasteiger partial charge in [-0.05, 0) is 51.0 Å². The molecule has 0 amide bonds. The Morgan fingerprint density at radius 1 is 1.25 bits per heavy atom. The highest BCUT2D eigenvalue weighted by Gasteiger charge is 2.56. The van der Waals surface area contributed by atoms with Gasteiger partial charge in [0.2, 0.25) is 0 Å². The Bertz CT molecular complexity index is 791. The summed E-state index contributed by atoms with van der Waals surface area (Å²) in [7, 11) is 0. The summed E-state index contributed by atoms with van der Waals surface area (Å²) in [6, 6.07) is 8.09. The first-order valence-electron chi connectivity index (χ1n) is 8.24. The van der Waals surface area contributed by atoms with Crippen LogP contribution in [0, 0.1) is 0 Å². The fraction of sp³-hybridized carbons (Fsp3) is 0.421. The van der Waals surface area contributed by atoms with Crippen molar-refractivity contribution in [3.63, 3.8) is 0 Å². The molecule has 2 aliphatic heterocycles. The quantitative estimate of drug-likeness (QED) is 0.758. The molecular formula is C19H21ClN2O2. The maximum absolute atomic E-state index is 6.25. The lowest BCUT2D eigenvalue weighted by atomic mass is 9.83. The molecule has 2 unspecified atom stereocenters. The minimum absolute atomic E-state index is 0.0322. The van der Waals surface area contributed by atoms with Crippen molar-refractivity contribution in [2.24, 2.45) is 0 Å². The van der Waals surface area contributed by atoms with Gasteiger partial charge in [0.15, 0.2) is 6.23 Å². The van der Waals surface area contributed by atoms with Gasteiger partial charge in [-0.15, -0.1) is 0 Å². The van der Waals surface area contributed by atoms with E-state index < -0.39 is 0 Å². The van der Waals surface area contributed by atoms with Crippen molar-refractivity contribution in [3.8, 4) is 5.75 Å². The highest BCUT2D eigenvalue weighted by atomic mass is 35.5. The van der Waals surface area contributed by atoms with Crippen LogP contribution in [0.15, 0.2) is 36.7 Å². The predicted molar refractivity (Wildman–Crippen MR) is 94.6 cm³/mol. The van der Waals surface area contributed by atoms with E-state index in [0.29, 0.717) is 0 Å². The number of halogens is 1. The second kappa shape index (κ2) is 5.36. The molecule has 3 heterocycles. The summed E-state index contributed by atoms with van der Waals surface area (Å²) in [6.45, 7) is 8.40. The van der Waals surface area contributed by atoms with Gasteiger partial charge in [-0.1, -0.05) is 17.7 Å². The largest absolute Gasteiger partial charge is 0.489 e. The van der Waals surface area contributed by atoms with Crippen molar-refractivity contribution in [3.05, 3.63) is 52.8 Å². The molecule has 5 heteroatoms. The number of fused-ring (bicyclic) bond motifs is 3. The van der Waals surface area contributed by atoms with E-state index in [9.17, 15) is 0 Å². The molecule has 2 aliphatic rings. The minimum atomic E-state index is -0.254. The van der Waals surface area contributed by atoms with E-state index in [1.54, 1.807) is 6.20 Å². The average Bonchev–Trinajstić information content (AvgIpc) is 3.26. The number of anilines is 1. The maximum Gasteiger partial charge on any atom is 0.162 e. The zero-order valence-corrected chi connectivity index (χ0v) is 15.0. The molecule has 2 aromatic rings.